The van der Waals surface area contributed by atoms with Crippen LogP contribution in [0.1, 0.15) is 12.0 Å². The lowest BCUT2D eigenvalue weighted by Crippen LogP contribution is -2.38. The van der Waals surface area contributed by atoms with Crippen molar-refractivity contribution >= 4 is 16.2 Å². The number of aromatic nitrogens is 1. The zero-order valence-electron chi connectivity index (χ0n) is 10.9. The minimum Gasteiger partial charge on any atom is -0.469 e. The first-order chi connectivity index (χ1) is 8.95. The lowest BCUT2D eigenvalue weighted by molar-refractivity contribution is -0.140. The highest BCUT2D eigenvalue weighted by Gasteiger charge is 2.18. The number of nitrogens with zero attached hydrogens (tertiary/aromatic N) is 2. The smallest absolute Gasteiger partial charge is 0.306 e. The molecule has 1 aromatic heterocycles. The van der Waals surface area contributed by atoms with Gasteiger partial charge in [0.1, 0.15) is 0 Å². The van der Waals surface area contributed by atoms with Gasteiger partial charge in [0.2, 0.25) is 0 Å². The van der Waals surface area contributed by atoms with Crippen molar-refractivity contribution in [2.24, 2.45) is 0 Å². The molecule has 19 heavy (non-hydrogen) atoms. The number of pyridine rings is 1. The van der Waals surface area contributed by atoms with Crippen LogP contribution in [0.15, 0.2) is 24.5 Å². The highest BCUT2D eigenvalue weighted by molar-refractivity contribution is 7.87. The van der Waals surface area contributed by atoms with E-state index >= 15 is 0 Å². The van der Waals surface area contributed by atoms with E-state index in [9.17, 15) is 13.2 Å². The first-order valence-corrected chi connectivity index (χ1v) is 7.06. The van der Waals surface area contributed by atoms with Crippen molar-refractivity contribution in [3.8, 4) is 0 Å². The number of methoxy groups -OCH3 is 1. The lowest BCUT2D eigenvalue weighted by Gasteiger charge is -2.17. The van der Waals surface area contributed by atoms with Crippen LogP contribution in [-0.2, 0) is 26.3 Å². The number of nitrogens with one attached hydrogen (secondary N) is 1. The van der Waals surface area contributed by atoms with Crippen LogP contribution in [0.25, 0.3) is 0 Å². The molecule has 0 aliphatic carbocycles. The van der Waals surface area contributed by atoms with E-state index in [0.29, 0.717) is 0 Å². The van der Waals surface area contributed by atoms with Gasteiger partial charge in [-0.25, -0.2) is 0 Å². The average Bonchev–Trinajstić information content (AvgIpc) is 2.43. The maximum atomic E-state index is 11.9. The molecule has 0 bridgehead atoms. The average molecular weight is 287 g/mol. The van der Waals surface area contributed by atoms with Crippen molar-refractivity contribution in [3.05, 3.63) is 30.1 Å². The summed E-state index contributed by atoms with van der Waals surface area (Å²) >= 11 is 0. The maximum Gasteiger partial charge on any atom is 0.306 e. The van der Waals surface area contributed by atoms with Gasteiger partial charge in [-0.3, -0.25) is 9.78 Å². The highest BCUT2D eigenvalue weighted by atomic mass is 32.2. The predicted molar refractivity (Wildman–Crippen MR) is 69.3 cm³/mol. The summed E-state index contributed by atoms with van der Waals surface area (Å²) in [6.45, 7) is 0.242. The fourth-order valence-corrected chi connectivity index (χ4v) is 2.16. The summed E-state index contributed by atoms with van der Waals surface area (Å²) < 4.78 is 31.7. The van der Waals surface area contributed by atoms with Crippen molar-refractivity contribution in [3.63, 3.8) is 0 Å². The number of esters is 1. The van der Waals surface area contributed by atoms with E-state index in [2.05, 4.69) is 14.4 Å². The van der Waals surface area contributed by atoms with Crippen molar-refractivity contribution in [2.75, 3.05) is 20.7 Å². The van der Waals surface area contributed by atoms with Crippen LogP contribution < -0.4 is 4.72 Å². The molecule has 8 heteroatoms. The fourth-order valence-electron chi connectivity index (χ4n) is 1.26. The first-order valence-electron chi connectivity index (χ1n) is 5.62. The van der Waals surface area contributed by atoms with Crippen LogP contribution >= 0.6 is 0 Å². The molecule has 0 amide bonds. The summed E-state index contributed by atoms with van der Waals surface area (Å²) in [6.07, 6.45) is 3.19. The maximum absolute atomic E-state index is 11.9. The highest BCUT2D eigenvalue weighted by Crippen LogP contribution is 2.01. The third-order valence-corrected chi connectivity index (χ3v) is 3.99. The molecule has 0 atom stereocenters. The van der Waals surface area contributed by atoms with Crippen molar-refractivity contribution in [1.82, 2.24) is 14.0 Å². The normalized spacial score (nSPS) is 11.5. The summed E-state index contributed by atoms with van der Waals surface area (Å²) in [6, 6.07) is 3.44. The molecular weight excluding hydrogens is 270 g/mol. The molecule has 0 radical (unpaired) electrons. The van der Waals surface area contributed by atoms with Gasteiger partial charge in [0.05, 0.1) is 13.5 Å². The van der Waals surface area contributed by atoms with Gasteiger partial charge >= 0.3 is 5.97 Å². The van der Waals surface area contributed by atoms with Gasteiger partial charge < -0.3 is 4.74 Å². The fraction of sp³-hybridized carbons (Fsp3) is 0.455. The number of rotatable bonds is 7. The van der Waals surface area contributed by atoms with Gasteiger partial charge in [0.25, 0.3) is 10.2 Å². The molecule has 0 saturated heterocycles. The molecule has 1 heterocycles. The molecule has 1 rings (SSSR count). The number of carbonyl (C=O) groups excluding carboxylic acids is 1. The Labute approximate surface area is 112 Å². The third-order valence-electron chi connectivity index (χ3n) is 2.48. The second kappa shape index (κ2) is 7.17. The monoisotopic (exact) mass is 287 g/mol. The zero-order chi connectivity index (χ0) is 14.3. The predicted octanol–water partition coefficient (Wildman–Crippen LogP) is -0.0891. The van der Waals surface area contributed by atoms with Crippen LogP contribution in [-0.4, -0.2) is 44.4 Å². The molecule has 106 valence electrons. The van der Waals surface area contributed by atoms with E-state index in [1.807, 2.05) is 0 Å². The summed E-state index contributed by atoms with van der Waals surface area (Å²) in [5.74, 6) is -0.448. The Morgan fingerprint density at radius 1 is 1.42 bits per heavy atom. The Kier molecular flexibility index (Phi) is 5.87. The van der Waals surface area contributed by atoms with Gasteiger partial charge in [-0.1, -0.05) is 0 Å². The van der Waals surface area contributed by atoms with Crippen LogP contribution in [0.3, 0.4) is 0 Å². The van der Waals surface area contributed by atoms with E-state index in [0.717, 1.165) is 9.87 Å². The van der Waals surface area contributed by atoms with Crippen LogP contribution in [0, 0.1) is 0 Å². The topological polar surface area (TPSA) is 88.6 Å². The summed E-state index contributed by atoms with van der Waals surface area (Å²) in [5, 5.41) is 0. The molecule has 7 nitrogen and oxygen atoms in total. The molecule has 0 saturated carbocycles. The van der Waals surface area contributed by atoms with Crippen LogP contribution in [0.2, 0.25) is 0 Å². The number of ether oxygens (including phenoxy) is 1. The Hall–Kier alpha value is -1.51. The Morgan fingerprint density at radius 2 is 2.05 bits per heavy atom. The van der Waals surface area contributed by atoms with Gasteiger partial charge in [-0.2, -0.15) is 17.4 Å². The zero-order valence-corrected chi connectivity index (χ0v) is 11.7. The largest absolute Gasteiger partial charge is 0.469 e. The second-order valence-electron chi connectivity index (χ2n) is 3.83. The van der Waals surface area contributed by atoms with E-state index in [1.54, 1.807) is 24.5 Å². The Balaban J connectivity index is 2.49. The van der Waals surface area contributed by atoms with Crippen LogP contribution in [0.4, 0.5) is 0 Å². The third kappa shape index (κ3) is 5.33. The quantitative estimate of drug-likeness (QED) is 0.708. The number of carbonyl (C=O) groups is 1. The van der Waals surface area contributed by atoms with Gasteiger partial charge in [-0.05, 0) is 17.7 Å². The van der Waals surface area contributed by atoms with E-state index in [4.69, 9.17) is 0 Å². The second-order valence-corrected chi connectivity index (χ2v) is 5.69. The number of hydrogen-bond acceptors (Lipinski definition) is 5. The van der Waals surface area contributed by atoms with Gasteiger partial charge in [0, 0.05) is 32.5 Å². The molecule has 0 aliphatic heterocycles. The minimum atomic E-state index is -3.61. The van der Waals surface area contributed by atoms with Crippen LogP contribution in [0.5, 0.6) is 0 Å². The summed E-state index contributed by atoms with van der Waals surface area (Å²) in [4.78, 5) is 14.8. The molecule has 1 aromatic rings. The van der Waals surface area contributed by atoms with E-state index < -0.39 is 16.2 Å². The Morgan fingerprint density at radius 3 is 2.63 bits per heavy atom. The van der Waals surface area contributed by atoms with Gasteiger partial charge in [-0.15, -0.1) is 0 Å². The molecule has 0 unspecified atom stereocenters. The molecular formula is C11H17N3O4S. The minimum absolute atomic E-state index is 0.0170. The Bertz CT molecular complexity index is 504. The molecule has 0 aromatic carbocycles. The lowest BCUT2D eigenvalue weighted by atomic mass is 10.3. The van der Waals surface area contributed by atoms with Crippen molar-refractivity contribution in [2.45, 2.75) is 13.0 Å². The standard InChI is InChI=1S/C11H17N3O4S/c1-14(8-5-11(15)18-2)19(16,17)13-9-10-3-6-12-7-4-10/h3-4,6-7,13H,5,8-9H2,1-2H3. The molecule has 1 N–H and O–H groups in total. The van der Waals surface area contributed by atoms with E-state index in [-0.39, 0.29) is 19.5 Å². The summed E-state index contributed by atoms with van der Waals surface area (Å²) in [7, 11) is -0.944. The summed E-state index contributed by atoms with van der Waals surface area (Å²) in [5.41, 5.74) is 0.806. The van der Waals surface area contributed by atoms with Crippen molar-refractivity contribution in [1.29, 1.82) is 0 Å². The first kappa shape index (κ1) is 15.5. The molecule has 0 spiro atoms. The number of hydrogen-bond donors (Lipinski definition) is 1. The van der Waals surface area contributed by atoms with Crippen molar-refractivity contribution < 1.29 is 17.9 Å². The molecule has 0 aliphatic rings. The van der Waals surface area contributed by atoms with E-state index in [1.165, 1.54) is 14.2 Å². The van der Waals surface area contributed by atoms with Gasteiger partial charge in [0.15, 0.2) is 0 Å². The molecule has 0 fully saturated rings. The SMILES string of the molecule is COC(=O)CCN(C)S(=O)(=O)NCc1ccncc1.